The third-order valence-electron chi connectivity index (χ3n) is 4.53. The number of hydrogen-bond acceptors (Lipinski definition) is 6. The average molecular weight is 452 g/mol. The molecular formula is C21H30ClN5O4. The summed E-state index contributed by atoms with van der Waals surface area (Å²) in [6, 6.07) is 5.18. The molecule has 31 heavy (non-hydrogen) atoms. The molecule has 0 aromatic heterocycles. The number of carbonyl (C=O) groups excluding carboxylic acids is 2. The Kier molecular flexibility index (Phi) is 8.85. The van der Waals surface area contributed by atoms with Crippen LogP contribution in [0, 0.1) is 0 Å². The van der Waals surface area contributed by atoms with Crippen molar-refractivity contribution in [3.8, 4) is 5.75 Å². The van der Waals surface area contributed by atoms with Crippen molar-refractivity contribution in [2.45, 2.75) is 32.9 Å². The molecule has 0 spiro atoms. The number of primary amides is 1. The van der Waals surface area contributed by atoms with Gasteiger partial charge in [0.25, 0.3) is 5.91 Å². The molecule has 10 heteroatoms. The quantitative estimate of drug-likeness (QED) is 0.410. The molecule has 9 nitrogen and oxygen atoms in total. The minimum absolute atomic E-state index is 0.0178. The molecule has 2 rings (SSSR count). The average Bonchev–Trinajstić information content (AvgIpc) is 2.71. The van der Waals surface area contributed by atoms with Crippen LogP contribution in [0.15, 0.2) is 35.5 Å². The van der Waals surface area contributed by atoms with Gasteiger partial charge in [-0.1, -0.05) is 29.8 Å². The molecule has 1 saturated heterocycles. The summed E-state index contributed by atoms with van der Waals surface area (Å²) in [6.45, 7) is 8.12. The van der Waals surface area contributed by atoms with Crippen LogP contribution >= 0.6 is 11.6 Å². The lowest BCUT2D eigenvalue weighted by Crippen LogP contribution is -2.50. The molecule has 0 radical (unpaired) electrons. The van der Waals surface area contributed by atoms with Crippen LogP contribution in [0.2, 0.25) is 5.02 Å². The molecule has 1 fully saturated rings. The van der Waals surface area contributed by atoms with Crippen LogP contribution in [-0.2, 0) is 11.3 Å². The second-order valence-electron chi connectivity index (χ2n) is 7.87. The molecule has 1 heterocycles. The molecule has 0 bridgehead atoms. The van der Waals surface area contributed by atoms with E-state index >= 15 is 0 Å². The van der Waals surface area contributed by atoms with E-state index in [0.29, 0.717) is 43.5 Å². The predicted octanol–water partition coefficient (Wildman–Crippen LogP) is 1.73. The summed E-state index contributed by atoms with van der Waals surface area (Å²) >= 11 is 6.49. The molecule has 3 amide bonds. The monoisotopic (exact) mass is 451 g/mol. The first-order valence-corrected chi connectivity index (χ1v) is 10.4. The number of hydrogen-bond donors (Lipinski definition) is 3. The van der Waals surface area contributed by atoms with Crippen molar-refractivity contribution in [1.82, 2.24) is 15.2 Å². The van der Waals surface area contributed by atoms with Crippen LogP contribution in [0.5, 0.6) is 5.75 Å². The van der Waals surface area contributed by atoms with Gasteiger partial charge in [-0.2, -0.15) is 5.10 Å². The Hall–Kier alpha value is -2.62. The van der Waals surface area contributed by atoms with E-state index in [9.17, 15) is 14.7 Å². The summed E-state index contributed by atoms with van der Waals surface area (Å²) in [6.07, 6.45) is 3.05. The van der Waals surface area contributed by atoms with Gasteiger partial charge in [0.2, 0.25) is 0 Å². The molecule has 0 saturated carbocycles. The zero-order chi connectivity index (χ0) is 23.0. The summed E-state index contributed by atoms with van der Waals surface area (Å²) in [7, 11) is 0. The standard InChI is InChI=1S/C21H30ClN5O4/c1-4-6-16(19(23)28)24-25-20(29)27-11-9-26(10-12-27)13-15-7-5-8-17(18(15)22)31-14-21(2,3)30/h4-8,30H,9-14H2,1-3H3,(H2,23,28)(H,25,29)/b6-4-,24-16+. The van der Waals surface area contributed by atoms with Crippen molar-refractivity contribution in [3.63, 3.8) is 0 Å². The Morgan fingerprint density at radius 2 is 2.00 bits per heavy atom. The summed E-state index contributed by atoms with van der Waals surface area (Å²) in [5.41, 5.74) is 7.53. The second kappa shape index (κ2) is 11.1. The van der Waals surface area contributed by atoms with E-state index in [1.54, 1.807) is 37.8 Å². The minimum Gasteiger partial charge on any atom is -0.489 e. The lowest BCUT2D eigenvalue weighted by molar-refractivity contribution is -0.111. The molecule has 0 atom stereocenters. The number of carbonyl (C=O) groups is 2. The summed E-state index contributed by atoms with van der Waals surface area (Å²) in [4.78, 5) is 27.4. The number of benzene rings is 1. The van der Waals surface area contributed by atoms with E-state index in [-0.39, 0.29) is 18.3 Å². The molecule has 0 unspecified atom stereocenters. The highest BCUT2D eigenvalue weighted by atomic mass is 35.5. The number of piperazine rings is 1. The molecule has 1 aliphatic rings. The lowest BCUT2D eigenvalue weighted by Gasteiger charge is -2.34. The number of allylic oxidation sites excluding steroid dienone is 1. The maximum absolute atomic E-state index is 12.3. The number of rotatable bonds is 8. The van der Waals surface area contributed by atoms with Crippen molar-refractivity contribution in [3.05, 3.63) is 40.9 Å². The second-order valence-corrected chi connectivity index (χ2v) is 8.25. The summed E-state index contributed by atoms with van der Waals surface area (Å²) in [5.74, 6) is -0.183. The van der Waals surface area contributed by atoms with Gasteiger partial charge in [0.15, 0.2) is 0 Å². The zero-order valence-electron chi connectivity index (χ0n) is 18.1. The van der Waals surface area contributed by atoms with Crippen LogP contribution in [0.3, 0.4) is 0 Å². The molecule has 1 aromatic carbocycles. The smallest absolute Gasteiger partial charge is 0.337 e. The van der Waals surface area contributed by atoms with Gasteiger partial charge in [-0.05, 0) is 38.5 Å². The minimum atomic E-state index is -0.953. The van der Waals surface area contributed by atoms with Crippen molar-refractivity contribution in [2.24, 2.45) is 10.8 Å². The number of nitrogens with two attached hydrogens (primary N) is 1. The van der Waals surface area contributed by atoms with Crippen molar-refractivity contribution in [2.75, 3.05) is 32.8 Å². The van der Waals surface area contributed by atoms with Gasteiger partial charge in [-0.3, -0.25) is 9.69 Å². The maximum Gasteiger partial charge on any atom is 0.337 e. The molecule has 4 N–H and O–H groups in total. The highest BCUT2D eigenvalue weighted by Gasteiger charge is 2.22. The van der Waals surface area contributed by atoms with Crippen LogP contribution in [0.1, 0.15) is 26.3 Å². The Bertz CT molecular complexity index is 843. The topological polar surface area (TPSA) is 120 Å². The van der Waals surface area contributed by atoms with E-state index in [1.165, 1.54) is 6.08 Å². The molecule has 1 aromatic rings. The first kappa shape index (κ1) is 24.6. The Balaban J connectivity index is 1.90. The molecule has 170 valence electrons. The van der Waals surface area contributed by atoms with E-state index in [4.69, 9.17) is 22.1 Å². The fourth-order valence-corrected chi connectivity index (χ4v) is 3.15. The van der Waals surface area contributed by atoms with Gasteiger partial charge in [-0.15, -0.1) is 0 Å². The summed E-state index contributed by atoms with van der Waals surface area (Å²) in [5, 5.41) is 14.1. The number of amides is 3. The fourth-order valence-electron chi connectivity index (χ4n) is 2.91. The van der Waals surface area contributed by atoms with Crippen LogP contribution < -0.4 is 15.9 Å². The van der Waals surface area contributed by atoms with E-state index in [0.717, 1.165) is 5.56 Å². The lowest BCUT2D eigenvalue weighted by atomic mass is 10.1. The van der Waals surface area contributed by atoms with Gasteiger partial charge in [-0.25, -0.2) is 10.2 Å². The Morgan fingerprint density at radius 1 is 1.32 bits per heavy atom. The number of urea groups is 1. The van der Waals surface area contributed by atoms with E-state index in [2.05, 4.69) is 15.4 Å². The number of nitrogens with one attached hydrogen (secondary N) is 1. The number of ether oxygens (including phenoxy) is 1. The van der Waals surface area contributed by atoms with E-state index in [1.807, 2.05) is 12.1 Å². The zero-order valence-corrected chi connectivity index (χ0v) is 18.9. The maximum atomic E-state index is 12.3. The number of nitrogens with zero attached hydrogens (tertiary/aromatic N) is 3. The van der Waals surface area contributed by atoms with Crippen LogP contribution in [0.4, 0.5) is 4.79 Å². The number of halogens is 1. The predicted molar refractivity (Wildman–Crippen MR) is 120 cm³/mol. The first-order valence-electron chi connectivity index (χ1n) is 10.0. The SMILES string of the molecule is C/C=C\C(=N/NC(=O)N1CCN(Cc2cccc(OCC(C)(C)O)c2Cl)CC1)C(N)=O. The van der Waals surface area contributed by atoms with Gasteiger partial charge in [0.1, 0.15) is 18.1 Å². The normalized spacial score (nSPS) is 15.9. The summed E-state index contributed by atoms with van der Waals surface area (Å²) < 4.78 is 5.65. The molecule has 0 aliphatic carbocycles. The fraction of sp³-hybridized carbons (Fsp3) is 0.476. The van der Waals surface area contributed by atoms with Crippen LogP contribution in [0.25, 0.3) is 0 Å². The Labute approximate surface area is 187 Å². The van der Waals surface area contributed by atoms with Crippen LogP contribution in [-0.4, -0.2) is 70.9 Å². The molecule has 1 aliphatic heterocycles. The highest BCUT2D eigenvalue weighted by molar-refractivity contribution is 6.42. The molecular weight excluding hydrogens is 422 g/mol. The Morgan fingerprint density at radius 3 is 2.58 bits per heavy atom. The van der Waals surface area contributed by atoms with Crippen molar-refractivity contribution < 1.29 is 19.4 Å². The van der Waals surface area contributed by atoms with Gasteiger partial charge >= 0.3 is 6.03 Å². The van der Waals surface area contributed by atoms with Gasteiger partial charge in [0, 0.05) is 32.7 Å². The first-order chi connectivity index (χ1) is 14.6. The van der Waals surface area contributed by atoms with Crippen molar-refractivity contribution in [1.29, 1.82) is 0 Å². The third kappa shape index (κ3) is 7.86. The van der Waals surface area contributed by atoms with Crippen molar-refractivity contribution >= 4 is 29.3 Å². The van der Waals surface area contributed by atoms with Gasteiger partial charge < -0.3 is 20.5 Å². The highest BCUT2D eigenvalue weighted by Crippen LogP contribution is 2.30. The third-order valence-corrected chi connectivity index (χ3v) is 4.96. The van der Waals surface area contributed by atoms with E-state index < -0.39 is 11.5 Å². The van der Waals surface area contributed by atoms with Gasteiger partial charge in [0.05, 0.1) is 10.6 Å². The largest absolute Gasteiger partial charge is 0.489 e. The number of aliphatic hydroxyl groups is 1. The number of hydrazone groups is 1.